The number of hydrogen-bond acceptors (Lipinski definition) is 1. The van der Waals surface area contributed by atoms with Gasteiger partial charge >= 0.3 is 0 Å². The Morgan fingerprint density at radius 1 is 1.31 bits per heavy atom. The Bertz CT molecular complexity index is 215. The van der Waals surface area contributed by atoms with Gasteiger partial charge in [-0.2, -0.15) is 0 Å². The first-order chi connectivity index (χ1) is 7.20. The van der Waals surface area contributed by atoms with Crippen molar-refractivity contribution in [3.05, 3.63) is 0 Å². The minimum atomic E-state index is 0. The number of carbonyl (C=O) groups is 1. The van der Waals surface area contributed by atoms with Gasteiger partial charge in [-0.25, -0.2) is 0 Å². The van der Waals surface area contributed by atoms with E-state index in [0.717, 1.165) is 23.9 Å². The van der Waals surface area contributed by atoms with Crippen molar-refractivity contribution < 1.29 is 42.0 Å². The van der Waals surface area contributed by atoms with Crippen molar-refractivity contribution in [1.82, 2.24) is 5.32 Å². The minimum absolute atomic E-state index is 0. The summed E-state index contributed by atoms with van der Waals surface area (Å²) in [6.45, 7) is 7.86. The summed E-state index contributed by atoms with van der Waals surface area (Å²) in [5.74, 6) is 0.237. The van der Waals surface area contributed by atoms with Crippen molar-refractivity contribution in [2.45, 2.75) is 45.6 Å². The molecule has 3 nitrogen and oxygen atoms in total. The Kier molecular flexibility index (Phi) is 8.04. The number of likely N-dealkylation sites (N-methyl/N-ethyl adjacent to an activating group) is 2. The van der Waals surface area contributed by atoms with Crippen molar-refractivity contribution >= 4 is 5.91 Å². The van der Waals surface area contributed by atoms with Crippen LogP contribution in [0.1, 0.15) is 39.5 Å². The number of amides is 1. The maximum atomic E-state index is 11.9. The molecule has 1 unspecified atom stereocenters. The molecule has 1 rings (SSSR count). The Morgan fingerprint density at radius 2 is 1.88 bits per heavy atom. The first kappa shape index (κ1) is 16.5. The minimum Gasteiger partial charge on any atom is -0.354 e. The molecule has 1 aliphatic rings. The maximum Gasteiger partial charge on any atom is 0.278 e. The molecule has 0 bridgehead atoms. The van der Waals surface area contributed by atoms with E-state index in [1.807, 2.05) is 0 Å². The van der Waals surface area contributed by atoms with E-state index in [9.17, 15) is 4.79 Å². The van der Waals surface area contributed by atoms with Gasteiger partial charge in [0.25, 0.3) is 5.91 Å². The molecule has 1 N–H and O–H groups in total. The standard InChI is InChI=1S/C12H24N2O.Y/c1-4-8-11(12(15)13-3)14(5-2)9-6-7-10-14;/h11H,4-10H2,1-3H3;/p+1. The summed E-state index contributed by atoms with van der Waals surface area (Å²) in [7, 11) is 1.76. The van der Waals surface area contributed by atoms with Gasteiger partial charge in [-0.3, -0.25) is 4.79 Å². The van der Waals surface area contributed by atoms with E-state index < -0.39 is 0 Å². The predicted octanol–water partition coefficient (Wildman–Crippen LogP) is 1.53. The van der Waals surface area contributed by atoms with Gasteiger partial charge in [0.15, 0.2) is 6.04 Å². The molecule has 1 fully saturated rings. The zero-order valence-electron chi connectivity index (χ0n) is 11.0. The van der Waals surface area contributed by atoms with Crippen LogP contribution in [-0.4, -0.2) is 43.1 Å². The molecule has 1 amide bonds. The molecule has 1 saturated heterocycles. The first-order valence-corrected chi connectivity index (χ1v) is 6.27. The average Bonchev–Trinajstić information content (AvgIpc) is 2.74. The smallest absolute Gasteiger partial charge is 0.278 e. The van der Waals surface area contributed by atoms with Crippen LogP contribution in [0.25, 0.3) is 0 Å². The second-order valence-electron chi connectivity index (χ2n) is 4.61. The zero-order valence-corrected chi connectivity index (χ0v) is 13.8. The van der Waals surface area contributed by atoms with Crippen LogP contribution in [0, 0.1) is 0 Å². The Labute approximate surface area is 125 Å². The van der Waals surface area contributed by atoms with Crippen LogP contribution in [-0.2, 0) is 37.5 Å². The number of nitrogens with zero attached hydrogens (tertiary/aromatic N) is 1. The van der Waals surface area contributed by atoms with E-state index in [2.05, 4.69) is 19.2 Å². The van der Waals surface area contributed by atoms with E-state index in [1.54, 1.807) is 7.05 Å². The number of rotatable bonds is 5. The van der Waals surface area contributed by atoms with Crippen LogP contribution in [0.3, 0.4) is 0 Å². The summed E-state index contributed by atoms with van der Waals surface area (Å²) in [4.78, 5) is 11.9. The molecule has 1 radical (unpaired) electrons. The van der Waals surface area contributed by atoms with Crippen LogP contribution in [0.4, 0.5) is 0 Å². The molecule has 1 heterocycles. The molecule has 1 aliphatic heterocycles. The second-order valence-corrected chi connectivity index (χ2v) is 4.61. The van der Waals surface area contributed by atoms with Gasteiger partial charge in [-0.15, -0.1) is 0 Å². The van der Waals surface area contributed by atoms with E-state index in [4.69, 9.17) is 0 Å². The molecule has 4 heteroatoms. The van der Waals surface area contributed by atoms with Gasteiger partial charge in [0.2, 0.25) is 0 Å². The average molecular weight is 302 g/mol. The zero-order chi connectivity index (χ0) is 11.3. The van der Waals surface area contributed by atoms with Crippen LogP contribution in [0.5, 0.6) is 0 Å². The van der Waals surface area contributed by atoms with Gasteiger partial charge in [0.05, 0.1) is 19.6 Å². The number of nitrogens with one attached hydrogen (secondary N) is 1. The van der Waals surface area contributed by atoms with Gasteiger partial charge in [-0.1, -0.05) is 6.92 Å². The fourth-order valence-electron chi connectivity index (χ4n) is 2.91. The van der Waals surface area contributed by atoms with Crippen molar-refractivity contribution in [3.63, 3.8) is 0 Å². The molecule has 0 spiro atoms. The predicted molar refractivity (Wildman–Crippen MR) is 62.5 cm³/mol. The van der Waals surface area contributed by atoms with Gasteiger partial charge in [-0.05, 0) is 13.3 Å². The fourth-order valence-corrected chi connectivity index (χ4v) is 2.91. The monoisotopic (exact) mass is 302 g/mol. The molecule has 0 aromatic heterocycles. The molecule has 0 aliphatic carbocycles. The molecule has 0 aromatic carbocycles. The summed E-state index contributed by atoms with van der Waals surface area (Å²) in [6.07, 6.45) is 4.68. The van der Waals surface area contributed by atoms with Crippen LogP contribution in [0.2, 0.25) is 0 Å². The third kappa shape index (κ3) is 3.51. The summed E-state index contributed by atoms with van der Waals surface area (Å²) in [5, 5.41) is 2.83. The quantitative estimate of drug-likeness (QED) is 0.767. The van der Waals surface area contributed by atoms with Gasteiger partial charge in [0, 0.05) is 59.0 Å². The Hall–Kier alpha value is 0.534. The summed E-state index contributed by atoms with van der Waals surface area (Å²) < 4.78 is 1.02. The van der Waals surface area contributed by atoms with Crippen molar-refractivity contribution in [1.29, 1.82) is 0 Å². The second kappa shape index (κ2) is 7.78. The number of likely N-dealkylation sites (tertiary alicyclic amines) is 1. The Balaban J connectivity index is 0.00000225. The third-order valence-corrected chi connectivity index (χ3v) is 3.86. The maximum absolute atomic E-state index is 11.9. The number of quaternary nitrogens is 1. The van der Waals surface area contributed by atoms with Crippen LogP contribution in [0.15, 0.2) is 0 Å². The molecular formula is C12H25N2OY+. The summed E-state index contributed by atoms with van der Waals surface area (Å²) in [6, 6.07) is 0.187. The number of carbonyl (C=O) groups excluding carboxylic acids is 1. The van der Waals surface area contributed by atoms with Gasteiger partial charge in [0.1, 0.15) is 0 Å². The Morgan fingerprint density at radius 3 is 2.25 bits per heavy atom. The van der Waals surface area contributed by atoms with Crippen molar-refractivity contribution in [2.75, 3.05) is 26.7 Å². The molecule has 16 heavy (non-hydrogen) atoms. The first-order valence-electron chi connectivity index (χ1n) is 6.27. The fraction of sp³-hybridized carbons (Fsp3) is 0.917. The molecule has 0 aromatic rings. The van der Waals surface area contributed by atoms with Crippen molar-refractivity contribution in [2.24, 2.45) is 0 Å². The topological polar surface area (TPSA) is 29.1 Å². The summed E-state index contributed by atoms with van der Waals surface area (Å²) >= 11 is 0. The molecule has 0 saturated carbocycles. The van der Waals surface area contributed by atoms with Crippen LogP contribution < -0.4 is 5.32 Å². The van der Waals surface area contributed by atoms with E-state index in [-0.39, 0.29) is 44.7 Å². The van der Waals surface area contributed by atoms with Crippen molar-refractivity contribution in [3.8, 4) is 0 Å². The molecular weight excluding hydrogens is 277 g/mol. The van der Waals surface area contributed by atoms with E-state index >= 15 is 0 Å². The van der Waals surface area contributed by atoms with E-state index in [0.29, 0.717) is 0 Å². The third-order valence-electron chi connectivity index (χ3n) is 3.86. The van der Waals surface area contributed by atoms with Crippen LogP contribution >= 0.6 is 0 Å². The van der Waals surface area contributed by atoms with E-state index in [1.165, 1.54) is 25.9 Å². The SMILES string of the molecule is CCCC(C(=O)NC)[N+]1(CC)CCCC1.[Y]. The largest absolute Gasteiger partial charge is 0.354 e. The summed E-state index contributed by atoms with van der Waals surface area (Å²) in [5.41, 5.74) is 0. The number of hydrogen-bond donors (Lipinski definition) is 1. The normalized spacial score (nSPS) is 19.9. The molecule has 91 valence electrons. The molecule has 1 atom stereocenters. The van der Waals surface area contributed by atoms with Gasteiger partial charge < -0.3 is 9.80 Å².